The molecule has 0 unspecified atom stereocenters. The molecule has 0 atom stereocenters. The summed E-state index contributed by atoms with van der Waals surface area (Å²) in [5, 5.41) is 5.11. The molecule has 0 heterocycles. The highest BCUT2D eigenvalue weighted by molar-refractivity contribution is 9.10. The minimum absolute atomic E-state index is 0.121. The first-order chi connectivity index (χ1) is 11.5. The topological polar surface area (TPSA) is 34.1 Å². The molecular formula is C20H12Br2O2. The number of benzene rings is 3. The van der Waals surface area contributed by atoms with E-state index < -0.39 is 0 Å². The van der Waals surface area contributed by atoms with Crippen LogP contribution in [0.15, 0.2) is 81.8 Å². The maximum Gasteiger partial charge on any atom is 0.178 e. The summed E-state index contributed by atoms with van der Waals surface area (Å²) in [4.78, 5) is 20.6. The maximum atomic E-state index is 10.3. The number of hydrogen-bond donors (Lipinski definition) is 0. The minimum Gasteiger partial charge on any atom is -0.290 e. The number of allylic oxidation sites excluding steroid dienone is 4. The van der Waals surface area contributed by atoms with Crippen LogP contribution in [0.2, 0.25) is 0 Å². The van der Waals surface area contributed by atoms with Gasteiger partial charge in [-0.25, -0.2) is 0 Å². The van der Waals surface area contributed by atoms with Crippen molar-refractivity contribution in [3.8, 4) is 0 Å². The molecule has 0 saturated heterocycles. The second-order valence-corrected chi connectivity index (χ2v) is 7.10. The van der Waals surface area contributed by atoms with Crippen molar-refractivity contribution in [2.75, 3.05) is 0 Å². The first kappa shape index (κ1) is 16.8. The van der Waals surface area contributed by atoms with Gasteiger partial charge in [-0.15, -0.1) is 0 Å². The Balaban J connectivity index is 0.000000179. The molecule has 0 saturated carbocycles. The summed E-state index contributed by atoms with van der Waals surface area (Å²) in [5.74, 6) is -0.241. The summed E-state index contributed by atoms with van der Waals surface area (Å²) in [5.41, 5.74) is 0. The van der Waals surface area contributed by atoms with Crippen LogP contribution in [0, 0.1) is 0 Å². The van der Waals surface area contributed by atoms with Crippen LogP contribution in [-0.2, 0) is 9.59 Å². The van der Waals surface area contributed by atoms with Crippen molar-refractivity contribution in [3.63, 3.8) is 0 Å². The molecule has 0 spiro atoms. The second-order valence-electron chi connectivity index (χ2n) is 5.27. The Morgan fingerprint density at radius 3 is 1.25 bits per heavy atom. The van der Waals surface area contributed by atoms with Crippen LogP contribution < -0.4 is 0 Å². The van der Waals surface area contributed by atoms with Crippen LogP contribution in [0.4, 0.5) is 0 Å². The SMILES string of the molecule is Brc1ccc2ccc3ccc(Br)cc3c2c1.O=C1C=CC(=O)C=C1. The van der Waals surface area contributed by atoms with Gasteiger partial charge in [0.15, 0.2) is 11.6 Å². The van der Waals surface area contributed by atoms with E-state index in [1.165, 1.54) is 45.8 Å². The number of fused-ring (bicyclic) bond motifs is 3. The molecule has 2 nitrogen and oxygen atoms in total. The largest absolute Gasteiger partial charge is 0.290 e. The number of rotatable bonds is 0. The van der Waals surface area contributed by atoms with Gasteiger partial charge in [-0.05, 0) is 70.1 Å². The Morgan fingerprint density at radius 1 is 0.542 bits per heavy atom. The van der Waals surface area contributed by atoms with Gasteiger partial charge in [0.1, 0.15) is 0 Å². The average Bonchev–Trinajstić information content (AvgIpc) is 2.58. The second kappa shape index (κ2) is 7.24. The van der Waals surface area contributed by atoms with E-state index >= 15 is 0 Å². The molecule has 0 fully saturated rings. The number of ketones is 2. The lowest BCUT2D eigenvalue weighted by Crippen LogP contribution is -1.97. The van der Waals surface area contributed by atoms with Gasteiger partial charge in [-0.3, -0.25) is 9.59 Å². The predicted molar refractivity (Wildman–Crippen MR) is 105 cm³/mol. The smallest absolute Gasteiger partial charge is 0.178 e. The summed E-state index contributed by atoms with van der Waals surface area (Å²) in [6, 6.07) is 17.1. The van der Waals surface area contributed by atoms with Crippen molar-refractivity contribution in [1.82, 2.24) is 0 Å². The van der Waals surface area contributed by atoms with Gasteiger partial charge in [0, 0.05) is 8.95 Å². The highest BCUT2D eigenvalue weighted by Crippen LogP contribution is 2.29. The summed E-state index contributed by atoms with van der Waals surface area (Å²) < 4.78 is 2.24. The van der Waals surface area contributed by atoms with Crippen molar-refractivity contribution in [2.24, 2.45) is 0 Å². The van der Waals surface area contributed by atoms with Crippen molar-refractivity contribution in [1.29, 1.82) is 0 Å². The number of carbonyl (C=O) groups is 2. The van der Waals surface area contributed by atoms with E-state index in [-0.39, 0.29) is 11.6 Å². The van der Waals surface area contributed by atoms with Crippen molar-refractivity contribution in [2.45, 2.75) is 0 Å². The Hall–Kier alpha value is -2.04. The van der Waals surface area contributed by atoms with Crippen LogP contribution in [0.1, 0.15) is 0 Å². The van der Waals surface area contributed by atoms with Gasteiger partial charge in [0.2, 0.25) is 0 Å². The molecule has 0 radical (unpaired) electrons. The van der Waals surface area contributed by atoms with Crippen molar-refractivity contribution < 1.29 is 9.59 Å². The summed E-state index contributed by atoms with van der Waals surface area (Å²) in [6.45, 7) is 0. The van der Waals surface area contributed by atoms with Gasteiger partial charge in [0.05, 0.1) is 0 Å². The van der Waals surface area contributed by atoms with Crippen molar-refractivity contribution >= 4 is 65.0 Å². The molecule has 3 aromatic carbocycles. The van der Waals surface area contributed by atoms with Crippen molar-refractivity contribution in [3.05, 3.63) is 81.8 Å². The maximum absolute atomic E-state index is 10.3. The fraction of sp³-hybridized carbons (Fsp3) is 0. The number of halogens is 2. The third-order valence-corrected chi connectivity index (χ3v) is 4.57. The summed E-state index contributed by atoms with van der Waals surface area (Å²) in [6.07, 6.45) is 5.01. The molecule has 0 aromatic heterocycles. The molecule has 4 heteroatoms. The third kappa shape index (κ3) is 3.89. The van der Waals surface area contributed by atoms with E-state index in [0.29, 0.717) is 0 Å². The fourth-order valence-corrected chi connectivity index (χ4v) is 3.16. The predicted octanol–water partition coefficient (Wildman–Crippen LogP) is 5.77. The Bertz CT molecular complexity index is 918. The molecule has 118 valence electrons. The number of hydrogen-bond acceptors (Lipinski definition) is 2. The molecule has 0 N–H and O–H groups in total. The van der Waals surface area contributed by atoms with E-state index in [4.69, 9.17) is 0 Å². The molecule has 3 aromatic rings. The normalized spacial score (nSPS) is 13.2. The lowest BCUT2D eigenvalue weighted by molar-refractivity contribution is -0.113. The molecule has 4 rings (SSSR count). The zero-order chi connectivity index (χ0) is 17.1. The third-order valence-electron chi connectivity index (χ3n) is 3.59. The zero-order valence-electron chi connectivity index (χ0n) is 12.5. The monoisotopic (exact) mass is 442 g/mol. The van der Waals surface area contributed by atoms with E-state index in [1.807, 2.05) is 0 Å². The molecule has 1 aliphatic rings. The van der Waals surface area contributed by atoms with Crippen LogP contribution in [0.3, 0.4) is 0 Å². The summed E-state index contributed by atoms with van der Waals surface area (Å²) >= 11 is 7.05. The van der Waals surface area contributed by atoms with Crippen LogP contribution in [0.5, 0.6) is 0 Å². The lowest BCUT2D eigenvalue weighted by atomic mass is 10.0. The molecule has 0 aliphatic heterocycles. The quantitative estimate of drug-likeness (QED) is 0.326. The van der Waals surface area contributed by atoms with Gasteiger partial charge in [0.25, 0.3) is 0 Å². The Morgan fingerprint density at radius 2 is 0.875 bits per heavy atom. The van der Waals surface area contributed by atoms with E-state index in [1.54, 1.807) is 0 Å². The van der Waals surface area contributed by atoms with Gasteiger partial charge < -0.3 is 0 Å². The standard InChI is InChI=1S/C14H8Br2.C6H4O2/c15-11-5-3-9-1-2-10-4-6-12(16)8-14(10)13(9)7-11;7-5-1-2-6(8)4-3-5/h1-8H;1-4H. The first-order valence-corrected chi connectivity index (χ1v) is 8.83. The van der Waals surface area contributed by atoms with Crippen LogP contribution in [0.25, 0.3) is 21.5 Å². The molecule has 0 amide bonds. The minimum atomic E-state index is -0.121. The van der Waals surface area contributed by atoms with Crippen LogP contribution >= 0.6 is 31.9 Å². The van der Waals surface area contributed by atoms with Gasteiger partial charge in [-0.1, -0.05) is 56.1 Å². The first-order valence-electron chi connectivity index (χ1n) is 7.24. The molecule has 24 heavy (non-hydrogen) atoms. The fourth-order valence-electron chi connectivity index (χ4n) is 2.43. The Labute approximate surface area is 156 Å². The highest BCUT2D eigenvalue weighted by atomic mass is 79.9. The lowest BCUT2D eigenvalue weighted by Gasteiger charge is -2.05. The van der Waals surface area contributed by atoms with E-state index in [9.17, 15) is 9.59 Å². The van der Waals surface area contributed by atoms with E-state index in [0.717, 1.165) is 8.95 Å². The van der Waals surface area contributed by atoms with E-state index in [2.05, 4.69) is 80.4 Å². The van der Waals surface area contributed by atoms with Gasteiger partial charge in [-0.2, -0.15) is 0 Å². The Kier molecular flexibility index (Phi) is 5.07. The average molecular weight is 444 g/mol. The zero-order valence-corrected chi connectivity index (χ0v) is 15.7. The van der Waals surface area contributed by atoms with Crippen LogP contribution in [-0.4, -0.2) is 11.6 Å². The summed E-state index contributed by atoms with van der Waals surface area (Å²) in [7, 11) is 0. The number of carbonyl (C=O) groups excluding carboxylic acids is 2. The molecule has 0 bridgehead atoms. The van der Waals surface area contributed by atoms with Gasteiger partial charge >= 0.3 is 0 Å². The molecular weight excluding hydrogens is 432 g/mol. The molecule has 1 aliphatic carbocycles. The highest BCUT2D eigenvalue weighted by Gasteiger charge is 2.01.